The summed E-state index contributed by atoms with van der Waals surface area (Å²) in [5.74, 6) is -0.832. The molecule has 1 amide bonds. The highest BCUT2D eigenvalue weighted by molar-refractivity contribution is 6.30. The first-order valence-electron chi connectivity index (χ1n) is 5.56. The predicted octanol–water partition coefficient (Wildman–Crippen LogP) is 2.33. The van der Waals surface area contributed by atoms with E-state index in [0.29, 0.717) is 11.6 Å². The maximum Gasteiger partial charge on any atom is 0.257 e. The topological polar surface area (TPSA) is 32.3 Å². The van der Waals surface area contributed by atoms with E-state index in [4.69, 9.17) is 11.6 Å². The van der Waals surface area contributed by atoms with Gasteiger partial charge in [0.05, 0.1) is 5.56 Å². The lowest BCUT2D eigenvalue weighted by Gasteiger charge is -2.34. The molecule has 2 rings (SSSR count). The lowest BCUT2D eigenvalue weighted by atomic mass is 10.1. The number of hydrogen-bond donors (Lipinski definition) is 1. The molecule has 1 aromatic carbocycles. The van der Waals surface area contributed by atoms with Gasteiger partial charge in [0.1, 0.15) is 5.82 Å². The van der Waals surface area contributed by atoms with Crippen molar-refractivity contribution in [2.24, 2.45) is 0 Å². The molecule has 1 aliphatic heterocycles. The van der Waals surface area contributed by atoms with Gasteiger partial charge in [-0.2, -0.15) is 0 Å². The third-order valence-corrected chi connectivity index (χ3v) is 3.16. The van der Waals surface area contributed by atoms with E-state index in [1.54, 1.807) is 4.90 Å². The van der Waals surface area contributed by atoms with Gasteiger partial charge in [-0.25, -0.2) is 4.39 Å². The SMILES string of the molecule is C[C@H]1CNCCN1C(=O)c1ccc(Cl)cc1F.Cl. The molecule has 3 nitrogen and oxygen atoms in total. The molecule has 100 valence electrons. The molecule has 0 aromatic heterocycles. The van der Waals surface area contributed by atoms with E-state index in [1.165, 1.54) is 18.2 Å². The van der Waals surface area contributed by atoms with Crippen molar-refractivity contribution >= 4 is 29.9 Å². The van der Waals surface area contributed by atoms with Crippen molar-refractivity contribution in [3.63, 3.8) is 0 Å². The van der Waals surface area contributed by atoms with Crippen LogP contribution in [-0.2, 0) is 0 Å². The van der Waals surface area contributed by atoms with Crippen LogP contribution < -0.4 is 5.32 Å². The van der Waals surface area contributed by atoms with Crippen LogP contribution in [0.4, 0.5) is 4.39 Å². The molecule has 0 spiro atoms. The van der Waals surface area contributed by atoms with Crippen molar-refractivity contribution in [3.05, 3.63) is 34.6 Å². The summed E-state index contributed by atoms with van der Waals surface area (Å²) in [6, 6.07) is 4.22. The molecule has 0 saturated carbocycles. The van der Waals surface area contributed by atoms with Crippen LogP contribution in [0.25, 0.3) is 0 Å². The van der Waals surface area contributed by atoms with E-state index in [2.05, 4.69) is 5.32 Å². The van der Waals surface area contributed by atoms with Crippen molar-refractivity contribution in [2.75, 3.05) is 19.6 Å². The molecule has 1 aliphatic rings. The maximum atomic E-state index is 13.6. The monoisotopic (exact) mass is 292 g/mol. The van der Waals surface area contributed by atoms with Gasteiger partial charge in [0.2, 0.25) is 0 Å². The Hall–Kier alpha value is -0.840. The largest absolute Gasteiger partial charge is 0.333 e. The van der Waals surface area contributed by atoms with Crippen LogP contribution >= 0.6 is 24.0 Å². The summed E-state index contributed by atoms with van der Waals surface area (Å²) in [4.78, 5) is 13.8. The van der Waals surface area contributed by atoms with Gasteiger partial charge in [0.15, 0.2) is 0 Å². The number of piperazine rings is 1. The van der Waals surface area contributed by atoms with E-state index < -0.39 is 5.82 Å². The van der Waals surface area contributed by atoms with Gasteiger partial charge in [-0.05, 0) is 25.1 Å². The molecule has 18 heavy (non-hydrogen) atoms. The number of hydrogen-bond acceptors (Lipinski definition) is 2. The second kappa shape index (κ2) is 6.36. The third kappa shape index (κ3) is 3.13. The fourth-order valence-corrected chi connectivity index (χ4v) is 2.12. The van der Waals surface area contributed by atoms with Crippen LogP contribution in [0, 0.1) is 5.82 Å². The van der Waals surface area contributed by atoms with Crippen LogP contribution in [0.5, 0.6) is 0 Å². The van der Waals surface area contributed by atoms with Crippen LogP contribution in [0.2, 0.25) is 5.02 Å². The highest BCUT2D eigenvalue weighted by Gasteiger charge is 2.25. The second-order valence-corrected chi connectivity index (χ2v) is 4.61. The van der Waals surface area contributed by atoms with Gasteiger partial charge < -0.3 is 10.2 Å². The van der Waals surface area contributed by atoms with Crippen LogP contribution in [-0.4, -0.2) is 36.5 Å². The minimum absolute atomic E-state index is 0. The molecule has 1 saturated heterocycles. The zero-order chi connectivity index (χ0) is 12.4. The number of carbonyl (C=O) groups is 1. The van der Waals surface area contributed by atoms with Gasteiger partial charge in [0, 0.05) is 30.7 Å². The summed E-state index contributed by atoms with van der Waals surface area (Å²) in [5, 5.41) is 3.48. The molecule has 0 unspecified atom stereocenters. The van der Waals surface area contributed by atoms with Gasteiger partial charge in [-0.3, -0.25) is 4.79 Å². The maximum absolute atomic E-state index is 13.6. The van der Waals surface area contributed by atoms with E-state index in [1.807, 2.05) is 6.92 Å². The molecule has 1 heterocycles. The molecule has 0 aliphatic carbocycles. The van der Waals surface area contributed by atoms with Gasteiger partial charge in [0.25, 0.3) is 5.91 Å². The smallest absolute Gasteiger partial charge is 0.257 e. The number of nitrogens with one attached hydrogen (secondary N) is 1. The van der Waals surface area contributed by atoms with Gasteiger partial charge in [-0.15, -0.1) is 12.4 Å². The van der Waals surface area contributed by atoms with Crippen LogP contribution in [0.15, 0.2) is 18.2 Å². The van der Waals surface area contributed by atoms with Gasteiger partial charge in [-0.1, -0.05) is 11.6 Å². The Bertz CT molecular complexity index is 442. The number of nitrogens with zero attached hydrogens (tertiary/aromatic N) is 1. The highest BCUT2D eigenvalue weighted by atomic mass is 35.5. The Balaban J connectivity index is 0.00000162. The first-order valence-corrected chi connectivity index (χ1v) is 5.94. The summed E-state index contributed by atoms with van der Waals surface area (Å²) >= 11 is 5.66. The summed E-state index contributed by atoms with van der Waals surface area (Å²) in [6.07, 6.45) is 0. The Labute approximate surface area is 117 Å². The highest BCUT2D eigenvalue weighted by Crippen LogP contribution is 2.17. The Kier molecular flexibility index (Phi) is 5.38. The lowest BCUT2D eigenvalue weighted by molar-refractivity contribution is 0.0651. The Morgan fingerprint density at radius 1 is 1.56 bits per heavy atom. The third-order valence-electron chi connectivity index (χ3n) is 2.92. The average molecular weight is 293 g/mol. The van der Waals surface area contributed by atoms with Crippen molar-refractivity contribution in [3.8, 4) is 0 Å². The summed E-state index contributed by atoms with van der Waals surface area (Å²) in [5.41, 5.74) is 0.0863. The minimum Gasteiger partial charge on any atom is -0.333 e. The average Bonchev–Trinajstić information content (AvgIpc) is 2.29. The Morgan fingerprint density at radius 2 is 2.28 bits per heavy atom. The Morgan fingerprint density at radius 3 is 2.89 bits per heavy atom. The number of benzene rings is 1. The van der Waals surface area contributed by atoms with Crippen molar-refractivity contribution in [1.29, 1.82) is 0 Å². The van der Waals surface area contributed by atoms with E-state index in [-0.39, 0.29) is 29.9 Å². The first-order chi connectivity index (χ1) is 8.09. The summed E-state index contributed by atoms with van der Waals surface area (Å²) < 4.78 is 13.6. The van der Waals surface area contributed by atoms with E-state index in [9.17, 15) is 9.18 Å². The van der Waals surface area contributed by atoms with Gasteiger partial charge >= 0.3 is 0 Å². The van der Waals surface area contributed by atoms with E-state index >= 15 is 0 Å². The molecule has 0 radical (unpaired) electrons. The normalized spacial score (nSPS) is 19.3. The zero-order valence-corrected chi connectivity index (χ0v) is 11.5. The molecule has 1 aromatic rings. The summed E-state index contributed by atoms with van der Waals surface area (Å²) in [6.45, 7) is 4.02. The van der Waals surface area contributed by atoms with Crippen molar-refractivity contribution in [2.45, 2.75) is 13.0 Å². The molecule has 0 bridgehead atoms. The summed E-state index contributed by atoms with van der Waals surface area (Å²) in [7, 11) is 0. The lowest BCUT2D eigenvalue weighted by Crippen LogP contribution is -2.52. The number of amides is 1. The number of carbonyl (C=O) groups excluding carboxylic acids is 1. The quantitative estimate of drug-likeness (QED) is 0.862. The minimum atomic E-state index is -0.562. The van der Waals surface area contributed by atoms with Crippen LogP contribution in [0.1, 0.15) is 17.3 Å². The predicted molar refractivity (Wildman–Crippen MR) is 72.0 cm³/mol. The molecule has 1 atom stereocenters. The first kappa shape index (κ1) is 15.2. The molecule has 1 fully saturated rings. The number of rotatable bonds is 1. The molecular formula is C12H15Cl2FN2O. The fraction of sp³-hybridized carbons (Fsp3) is 0.417. The zero-order valence-electron chi connectivity index (χ0n) is 9.95. The molecule has 1 N–H and O–H groups in total. The van der Waals surface area contributed by atoms with E-state index in [0.717, 1.165) is 13.1 Å². The standard InChI is InChI=1S/C12H14ClFN2O.ClH/c1-8-7-15-4-5-16(8)12(17)10-3-2-9(13)6-11(10)14;/h2-3,6,8,15H,4-5,7H2,1H3;1H/t8-;/m0./s1. The fourth-order valence-electron chi connectivity index (χ4n) is 1.96. The van der Waals surface area contributed by atoms with Crippen molar-refractivity contribution in [1.82, 2.24) is 10.2 Å². The number of halogens is 3. The molecular weight excluding hydrogens is 278 g/mol. The van der Waals surface area contributed by atoms with Crippen molar-refractivity contribution < 1.29 is 9.18 Å². The van der Waals surface area contributed by atoms with Crippen LogP contribution in [0.3, 0.4) is 0 Å². The molecule has 6 heteroatoms. The second-order valence-electron chi connectivity index (χ2n) is 4.18.